The summed E-state index contributed by atoms with van der Waals surface area (Å²) in [6.07, 6.45) is 2.50. The second-order valence-corrected chi connectivity index (χ2v) is 20.6. The molecule has 2 heterocycles. The Morgan fingerprint density at radius 1 is 0.757 bits per heavy atom. The topological polar surface area (TPSA) is 393 Å². The van der Waals surface area contributed by atoms with Crippen molar-refractivity contribution in [2.24, 2.45) is 39.4 Å². The van der Waals surface area contributed by atoms with Crippen LogP contribution in [0.1, 0.15) is 76.3 Å². The van der Waals surface area contributed by atoms with Gasteiger partial charge in [0.25, 0.3) is 0 Å². The van der Waals surface area contributed by atoms with Crippen molar-refractivity contribution in [3.8, 4) is 0 Å². The number of guanidine groups is 1. The van der Waals surface area contributed by atoms with Crippen molar-refractivity contribution in [1.29, 1.82) is 0 Å². The number of nitrogens with one attached hydrogen (secondary N) is 7. The summed E-state index contributed by atoms with van der Waals surface area (Å²) in [6, 6.07) is 6.96. The molecule has 22 nitrogen and oxygen atoms in total. The number of hydrogen-bond acceptors (Lipinski definition) is 13. The lowest BCUT2D eigenvalue weighted by Gasteiger charge is -2.33. The van der Waals surface area contributed by atoms with Gasteiger partial charge in [-0.3, -0.25) is 43.3 Å². The van der Waals surface area contributed by atoms with Crippen molar-refractivity contribution in [3.05, 3.63) is 71.9 Å². The molecule has 7 atom stereocenters. The predicted molar refractivity (Wildman–Crippen MR) is 271 cm³/mol. The van der Waals surface area contributed by atoms with Gasteiger partial charge in [-0.2, -0.15) is 0 Å². The second-order valence-electron chi connectivity index (χ2n) is 17.5. The van der Waals surface area contributed by atoms with E-state index in [9.17, 15) is 38.4 Å². The number of carbonyl (C=O) groups is 8. The van der Waals surface area contributed by atoms with Gasteiger partial charge in [-0.1, -0.05) is 76.5 Å². The fourth-order valence-corrected chi connectivity index (χ4v) is 10.4. The van der Waals surface area contributed by atoms with Crippen LogP contribution in [0, 0.1) is 0 Å². The number of H-pyrrole nitrogens is 1. The van der Waals surface area contributed by atoms with E-state index < -0.39 is 94.3 Å². The van der Waals surface area contributed by atoms with Crippen molar-refractivity contribution in [3.63, 3.8) is 0 Å². The molecule has 0 radical (unpaired) electrons. The summed E-state index contributed by atoms with van der Waals surface area (Å²) in [5, 5.41) is 17.2. The van der Waals surface area contributed by atoms with Crippen LogP contribution in [0.5, 0.6) is 0 Å². The van der Waals surface area contributed by atoms with Crippen LogP contribution in [0.2, 0.25) is 0 Å². The Kier molecular flexibility index (Phi) is 22.3. The third-order valence-electron chi connectivity index (χ3n) is 11.5. The van der Waals surface area contributed by atoms with Crippen LogP contribution in [0.4, 0.5) is 0 Å². The Morgan fingerprint density at radius 2 is 1.36 bits per heavy atom. The van der Waals surface area contributed by atoms with Crippen molar-refractivity contribution in [2.45, 2.75) is 125 Å². The molecule has 1 aliphatic rings. The minimum atomic E-state index is -1.45. The molecule has 3 aromatic rings. The summed E-state index contributed by atoms with van der Waals surface area (Å²) >= 11 is 0. The standard InChI is InChI=1S/C46H68N14O8S2/c1-46(2)37(38(50)62)60-44(68)35(24-27-25-54-30-15-7-6-13-28(27)30)59-40(64)31(16-10-21-53-45(51)52)56-43(67)34(23-26-11-4-3-5-12-26)58-41(65)32(17-18-36(49)61)57-42(66)33(19-22-69-70-46)55-39(63)29(48)14-8-9-20-47/h3-7,11-13,15,25,29,31-35,37,54H,8-10,14,16-24,47-48H2,1-2H3,(H2,49,61)(H2,50,62)(H,55,63)(H,56,67)(H,57,66)(H,58,65)(H,59,64)(H,60,68)(H4,51,52,53)/t29-,31-,32-,33-,34+,35-,37+/m0/s1. The number of fused-ring (bicyclic) bond motifs is 1. The summed E-state index contributed by atoms with van der Waals surface area (Å²) < 4.78 is -1.11. The first-order valence-corrected chi connectivity index (χ1v) is 25.4. The SMILES string of the molecule is CC1(C)SSCC[C@H](NC(=O)[C@@H](N)CCCCN)C(=O)N[C@@H](CCC(N)=O)C(=O)N[C@H](Cc2ccccc2)C(=O)N[C@@H](CCCN=C(N)N)C(=O)N[C@@H](Cc2c[nH]c3ccccc23)C(=O)N[C@@H]1C(N)=O. The maximum atomic E-state index is 14.6. The van der Waals surface area contributed by atoms with Crippen LogP contribution in [0.15, 0.2) is 65.8 Å². The molecule has 4 rings (SSSR count). The lowest BCUT2D eigenvalue weighted by molar-refractivity contribution is -0.135. The number of primary amides is 2. The van der Waals surface area contributed by atoms with Gasteiger partial charge in [0.15, 0.2) is 5.96 Å². The number of benzene rings is 2. The molecule has 2 aromatic carbocycles. The number of nitrogens with two attached hydrogens (primary N) is 6. The lowest BCUT2D eigenvalue weighted by Crippen LogP contribution is -2.61. The molecule has 1 aromatic heterocycles. The predicted octanol–water partition coefficient (Wildman–Crippen LogP) is -1.31. The largest absolute Gasteiger partial charge is 0.370 e. The number of nitrogens with zero attached hydrogens (tertiary/aromatic N) is 1. The minimum Gasteiger partial charge on any atom is -0.370 e. The fraction of sp³-hybridized carbons (Fsp3) is 0.500. The van der Waals surface area contributed by atoms with Crippen molar-refractivity contribution < 1.29 is 38.4 Å². The average Bonchev–Trinajstić information content (AvgIpc) is 3.72. The highest BCUT2D eigenvalue weighted by Gasteiger charge is 2.39. The van der Waals surface area contributed by atoms with Crippen LogP contribution in [0.3, 0.4) is 0 Å². The minimum absolute atomic E-state index is 0.0130. The molecular formula is C46H68N14O8S2. The maximum Gasteiger partial charge on any atom is 0.243 e. The highest BCUT2D eigenvalue weighted by molar-refractivity contribution is 8.77. The van der Waals surface area contributed by atoms with Gasteiger partial charge in [0, 0.05) is 53.4 Å². The highest BCUT2D eigenvalue weighted by Crippen LogP contribution is 2.39. The number of unbranched alkanes of at least 4 members (excludes halogenated alkanes) is 1. The second kappa shape index (κ2) is 27.7. The van der Waals surface area contributed by atoms with Crippen molar-refractivity contribution >= 4 is 85.7 Å². The van der Waals surface area contributed by atoms with Gasteiger partial charge in [0.1, 0.15) is 36.3 Å². The molecule has 0 bridgehead atoms. The molecule has 0 aliphatic carbocycles. The first-order valence-electron chi connectivity index (χ1n) is 23.1. The van der Waals surface area contributed by atoms with Gasteiger partial charge in [-0.15, -0.1) is 0 Å². The molecule has 0 unspecified atom stereocenters. The molecule has 0 spiro atoms. The zero-order chi connectivity index (χ0) is 51.4. The van der Waals surface area contributed by atoms with Crippen LogP contribution in [-0.2, 0) is 51.2 Å². The zero-order valence-electron chi connectivity index (χ0n) is 39.5. The van der Waals surface area contributed by atoms with Gasteiger partial charge in [-0.25, -0.2) is 0 Å². The number of hydrogen-bond donors (Lipinski definition) is 13. The van der Waals surface area contributed by atoms with Gasteiger partial charge in [-0.05, 0) is 76.1 Å². The molecule has 1 fully saturated rings. The smallest absolute Gasteiger partial charge is 0.243 e. The fourth-order valence-electron chi connectivity index (χ4n) is 7.63. The van der Waals surface area contributed by atoms with E-state index in [1.54, 1.807) is 50.4 Å². The van der Waals surface area contributed by atoms with Gasteiger partial charge < -0.3 is 71.3 Å². The molecule has 1 saturated heterocycles. The van der Waals surface area contributed by atoms with E-state index >= 15 is 0 Å². The third-order valence-corrected chi connectivity index (χ3v) is 14.8. The molecule has 24 heteroatoms. The molecular weight excluding hydrogens is 941 g/mol. The Morgan fingerprint density at radius 3 is 2.01 bits per heavy atom. The molecule has 1 aliphatic heterocycles. The number of aromatic nitrogens is 1. The number of amides is 8. The highest BCUT2D eigenvalue weighted by atomic mass is 33.1. The molecule has 0 saturated carbocycles. The Balaban J connectivity index is 1.82. The number of aliphatic imine (C=N–C) groups is 1. The average molecular weight is 1010 g/mol. The number of carbonyl (C=O) groups excluding carboxylic acids is 8. The summed E-state index contributed by atoms with van der Waals surface area (Å²) in [5.74, 6) is -6.32. The molecule has 382 valence electrons. The lowest BCUT2D eigenvalue weighted by atomic mass is 9.99. The van der Waals surface area contributed by atoms with Crippen LogP contribution >= 0.6 is 21.6 Å². The van der Waals surface area contributed by atoms with E-state index in [1.165, 1.54) is 21.6 Å². The van der Waals surface area contributed by atoms with Crippen molar-refractivity contribution in [2.75, 3.05) is 18.8 Å². The number of rotatable bonds is 18. The first-order chi connectivity index (χ1) is 33.3. The maximum absolute atomic E-state index is 14.6. The number of para-hydroxylation sites is 1. The van der Waals surface area contributed by atoms with Crippen molar-refractivity contribution in [1.82, 2.24) is 36.9 Å². The summed E-state index contributed by atoms with van der Waals surface area (Å²) in [4.78, 5) is 118. The van der Waals surface area contributed by atoms with Gasteiger partial charge >= 0.3 is 0 Å². The molecule has 70 heavy (non-hydrogen) atoms. The van der Waals surface area contributed by atoms with Gasteiger partial charge in [0.05, 0.1) is 6.04 Å². The summed E-state index contributed by atoms with van der Waals surface area (Å²) in [7, 11) is 2.41. The Labute approximate surface area is 414 Å². The van der Waals surface area contributed by atoms with Crippen LogP contribution in [0.25, 0.3) is 10.9 Å². The van der Waals surface area contributed by atoms with E-state index in [1.807, 2.05) is 24.3 Å². The normalized spacial score (nSPS) is 22.4. The van der Waals surface area contributed by atoms with E-state index in [2.05, 4.69) is 41.9 Å². The molecule has 19 N–H and O–H groups in total. The first kappa shape index (κ1) is 56.2. The Bertz CT molecular complexity index is 2310. The van der Waals surface area contributed by atoms with E-state index in [0.717, 1.165) is 10.9 Å². The zero-order valence-corrected chi connectivity index (χ0v) is 41.1. The van der Waals surface area contributed by atoms with Crippen LogP contribution < -0.4 is 66.3 Å². The molecule has 8 amide bonds. The number of aromatic amines is 1. The monoisotopic (exact) mass is 1010 g/mol. The third kappa shape index (κ3) is 17.9. The van der Waals surface area contributed by atoms with Gasteiger partial charge in [0.2, 0.25) is 47.3 Å². The van der Waals surface area contributed by atoms with Crippen LogP contribution in [-0.4, -0.2) is 124 Å². The Hall–Kier alpha value is -6.37. The van der Waals surface area contributed by atoms with E-state index in [-0.39, 0.29) is 69.6 Å². The van der Waals surface area contributed by atoms with E-state index in [4.69, 9.17) is 34.4 Å². The van der Waals surface area contributed by atoms with E-state index in [0.29, 0.717) is 30.5 Å². The quantitative estimate of drug-likeness (QED) is 0.0305. The summed E-state index contributed by atoms with van der Waals surface area (Å²) in [5.41, 5.74) is 36.5. The summed E-state index contributed by atoms with van der Waals surface area (Å²) in [6.45, 7) is 3.84.